The van der Waals surface area contributed by atoms with Crippen molar-refractivity contribution in [1.82, 2.24) is 0 Å². The number of carboxylic acids is 1. The number of hydrogen-bond acceptors (Lipinski definition) is 4. The average Bonchev–Trinajstić information content (AvgIpc) is 2.60. The first-order valence-corrected chi connectivity index (χ1v) is 13.0. The van der Waals surface area contributed by atoms with E-state index in [2.05, 4.69) is 6.92 Å². The number of carboxylic acid groups (broad SMARTS) is 1. The van der Waals surface area contributed by atoms with E-state index in [4.69, 9.17) is 4.55 Å². The molecule has 0 aromatic rings. The van der Waals surface area contributed by atoms with E-state index in [0.717, 1.165) is 19.3 Å². The molecule has 30 heavy (non-hydrogen) atoms. The third-order valence-electron chi connectivity index (χ3n) is 6.58. The maximum atomic E-state index is 11.7. The van der Waals surface area contributed by atoms with Crippen LogP contribution < -0.4 is 0 Å². The molecule has 0 aliphatic rings. The Kier molecular flexibility index (Phi) is 13.3. The van der Waals surface area contributed by atoms with E-state index in [-0.39, 0.29) is 4.48 Å². The van der Waals surface area contributed by atoms with Crippen molar-refractivity contribution in [3.05, 3.63) is 0 Å². The Balaban J connectivity index is 4.69. The molecule has 0 radical (unpaired) electrons. The Morgan fingerprint density at radius 1 is 0.933 bits per heavy atom. The molecule has 8 heteroatoms. The van der Waals surface area contributed by atoms with Gasteiger partial charge < -0.3 is 14.7 Å². The number of nitrogens with zero attached hydrogens (tertiary/aromatic N) is 1. The lowest BCUT2D eigenvalue weighted by Crippen LogP contribution is -2.63. The van der Waals surface area contributed by atoms with Gasteiger partial charge in [0.25, 0.3) is 10.1 Å². The Hall–Kier alpha value is -0.700. The molecule has 0 aliphatic carbocycles. The fourth-order valence-corrected chi connectivity index (χ4v) is 4.43. The summed E-state index contributed by atoms with van der Waals surface area (Å²) >= 11 is 0. The van der Waals surface area contributed by atoms with Crippen LogP contribution in [0.4, 0.5) is 0 Å². The number of aliphatic carboxylic acids is 1. The number of rotatable bonds is 18. The van der Waals surface area contributed by atoms with Gasteiger partial charge in [0.05, 0.1) is 26.7 Å². The minimum atomic E-state index is -4.30. The third kappa shape index (κ3) is 11.6. The first-order chi connectivity index (χ1) is 13.7. The van der Waals surface area contributed by atoms with Gasteiger partial charge in [0.2, 0.25) is 0 Å². The maximum Gasteiger partial charge on any atom is 0.365 e. The molecule has 0 saturated heterocycles. The van der Waals surface area contributed by atoms with Gasteiger partial charge in [-0.3, -0.25) is 4.55 Å². The molecule has 0 bridgehead atoms. The van der Waals surface area contributed by atoms with Crippen molar-refractivity contribution < 1.29 is 32.5 Å². The van der Waals surface area contributed by atoms with Crippen molar-refractivity contribution >= 4 is 16.1 Å². The Morgan fingerprint density at radius 2 is 1.37 bits per heavy atom. The highest BCUT2D eigenvalue weighted by atomic mass is 32.2. The Labute approximate surface area is 184 Å². The van der Waals surface area contributed by atoms with Crippen LogP contribution in [0.25, 0.3) is 0 Å². The summed E-state index contributed by atoms with van der Waals surface area (Å²) in [5.41, 5.74) is -1.09. The van der Waals surface area contributed by atoms with E-state index in [0.29, 0.717) is 13.0 Å². The molecular weight excluding hydrogens is 406 g/mol. The van der Waals surface area contributed by atoms with E-state index in [1.54, 1.807) is 27.9 Å². The normalized spacial score (nSPS) is 15.2. The second-order valence-electron chi connectivity index (χ2n) is 9.78. The molecule has 0 heterocycles. The first-order valence-electron chi connectivity index (χ1n) is 11.4. The molecular formula is C22H46NO6S+. The van der Waals surface area contributed by atoms with Crippen LogP contribution in [0.3, 0.4) is 0 Å². The smallest absolute Gasteiger partial charge is 0.365 e. The van der Waals surface area contributed by atoms with Crippen molar-refractivity contribution in [2.45, 2.75) is 103 Å². The zero-order chi connectivity index (χ0) is 23.4. The topological polar surface area (TPSA) is 112 Å². The number of quaternary nitrogens is 1. The van der Waals surface area contributed by atoms with Crippen LogP contribution in [-0.4, -0.2) is 71.7 Å². The summed E-state index contributed by atoms with van der Waals surface area (Å²) in [6.07, 6.45) is 11.2. The summed E-state index contributed by atoms with van der Waals surface area (Å²) in [7, 11) is -0.746. The lowest BCUT2D eigenvalue weighted by Gasteiger charge is -2.44. The second-order valence-corrected chi connectivity index (χ2v) is 11.3. The molecule has 0 aliphatic heterocycles. The first kappa shape index (κ1) is 29.3. The molecule has 2 atom stereocenters. The number of carbonyl (C=O) groups is 1. The zero-order valence-corrected chi connectivity index (χ0v) is 20.6. The summed E-state index contributed by atoms with van der Waals surface area (Å²) in [5.74, 6) is -2.08. The molecule has 2 unspecified atom stereocenters. The predicted molar refractivity (Wildman–Crippen MR) is 121 cm³/mol. The van der Waals surface area contributed by atoms with Gasteiger partial charge in [-0.1, -0.05) is 71.1 Å². The largest absolute Gasteiger partial charge is 0.477 e. The molecule has 0 rings (SSSR count). The quantitative estimate of drug-likeness (QED) is 0.164. The zero-order valence-electron chi connectivity index (χ0n) is 19.8. The average molecular weight is 453 g/mol. The monoisotopic (exact) mass is 452 g/mol. The number of unbranched alkanes of at least 4 members (excludes halogenated alkanes) is 9. The molecule has 7 nitrogen and oxygen atoms in total. The van der Waals surface area contributed by atoms with Crippen LogP contribution in [0.1, 0.15) is 91.4 Å². The summed E-state index contributed by atoms with van der Waals surface area (Å²) in [6, 6.07) is 0. The van der Waals surface area contributed by atoms with E-state index in [1.807, 2.05) is 0 Å². The summed E-state index contributed by atoms with van der Waals surface area (Å²) in [4.78, 5) is 11.7. The van der Waals surface area contributed by atoms with Crippen molar-refractivity contribution in [3.8, 4) is 0 Å². The molecule has 0 amide bonds. The van der Waals surface area contributed by atoms with Crippen LogP contribution in [-0.2, 0) is 14.9 Å². The Morgan fingerprint density at radius 3 is 1.77 bits per heavy atom. The maximum absolute atomic E-state index is 11.7. The Bertz CT molecular complexity index is 588. The van der Waals surface area contributed by atoms with Gasteiger partial charge in [-0.25, -0.2) is 4.79 Å². The van der Waals surface area contributed by atoms with Gasteiger partial charge in [-0.05, 0) is 6.42 Å². The summed E-state index contributed by atoms with van der Waals surface area (Å²) in [5, 5.41) is 20.0. The minimum Gasteiger partial charge on any atom is -0.477 e. The summed E-state index contributed by atoms with van der Waals surface area (Å²) < 4.78 is 31.8. The number of aliphatic hydroxyl groups excluding tert-OH is 1. The van der Waals surface area contributed by atoms with Crippen molar-refractivity contribution in [3.63, 3.8) is 0 Å². The highest BCUT2D eigenvalue weighted by Crippen LogP contribution is 2.27. The van der Waals surface area contributed by atoms with Crippen LogP contribution in [0, 0.1) is 5.92 Å². The van der Waals surface area contributed by atoms with Crippen molar-refractivity contribution in [2.24, 2.45) is 5.92 Å². The minimum absolute atomic E-state index is 0.104. The van der Waals surface area contributed by atoms with Gasteiger partial charge in [0.15, 0.2) is 5.54 Å². The van der Waals surface area contributed by atoms with E-state index in [9.17, 15) is 23.4 Å². The fraction of sp³-hybridized carbons (Fsp3) is 0.955. The van der Waals surface area contributed by atoms with Gasteiger partial charge >= 0.3 is 5.97 Å². The van der Waals surface area contributed by atoms with Crippen molar-refractivity contribution in [1.29, 1.82) is 0 Å². The molecule has 0 fully saturated rings. The number of hydrogen-bond donors (Lipinski definition) is 3. The molecule has 3 N–H and O–H groups in total. The van der Waals surface area contributed by atoms with Gasteiger partial charge in [0.1, 0.15) is 5.75 Å². The van der Waals surface area contributed by atoms with E-state index in [1.165, 1.54) is 44.9 Å². The SMILES string of the molecule is CCCCCCCCCCCCC(C[N+](C)(C)C(C)(C)C(=O)O)C(O)CS(=O)(=O)O. The fourth-order valence-electron chi connectivity index (χ4n) is 3.72. The lowest BCUT2D eigenvalue weighted by molar-refractivity contribution is -0.931. The predicted octanol–water partition coefficient (Wildman–Crippen LogP) is 4.10. The molecule has 0 saturated carbocycles. The molecule has 0 spiro atoms. The number of likely N-dealkylation sites (N-methyl/N-ethyl adjacent to an activating group) is 1. The van der Waals surface area contributed by atoms with Gasteiger partial charge in [0, 0.05) is 19.8 Å². The van der Waals surface area contributed by atoms with Crippen LogP contribution in [0.15, 0.2) is 0 Å². The van der Waals surface area contributed by atoms with Crippen LogP contribution in [0.2, 0.25) is 0 Å². The number of aliphatic hydroxyl groups is 1. The van der Waals surface area contributed by atoms with E-state index < -0.39 is 39.4 Å². The molecule has 180 valence electrons. The van der Waals surface area contributed by atoms with Crippen molar-refractivity contribution in [2.75, 3.05) is 26.4 Å². The summed E-state index contributed by atoms with van der Waals surface area (Å²) in [6.45, 7) is 5.78. The second kappa shape index (κ2) is 13.7. The van der Waals surface area contributed by atoms with Crippen LogP contribution >= 0.6 is 0 Å². The standard InChI is InChI=1S/C22H45NO6S/c1-6-7-8-9-10-11-12-13-14-15-16-19(20(24)18-30(27,28)29)17-23(4,5)22(2,3)21(25)26/h19-20,24H,6-18H2,1-5H3,(H-,25,26,27,28,29)/p+1. The van der Waals surface area contributed by atoms with E-state index >= 15 is 0 Å². The van der Waals surface area contributed by atoms with Gasteiger partial charge in [-0.2, -0.15) is 8.42 Å². The highest BCUT2D eigenvalue weighted by molar-refractivity contribution is 7.85. The third-order valence-corrected chi connectivity index (χ3v) is 7.34. The van der Waals surface area contributed by atoms with Gasteiger partial charge in [-0.15, -0.1) is 0 Å². The lowest BCUT2D eigenvalue weighted by atomic mass is 9.91. The highest BCUT2D eigenvalue weighted by Gasteiger charge is 2.46. The van der Waals surface area contributed by atoms with Crippen LogP contribution in [0.5, 0.6) is 0 Å². The molecule has 0 aromatic heterocycles. The molecule has 0 aromatic carbocycles.